The minimum absolute atomic E-state index is 0.441. The molecule has 1 rings (SSSR count). The van der Waals surface area contributed by atoms with Gasteiger partial charge in [-0.2, -0.15) is 0 Å². The molecule has 16 heavy (non-hydrogen) atoms. The molecule has 0 heterocycles. The normalized spacial score (nSPS) is 13.9. The van der Waals surface area contributed by atoms with E-state index in [0.717, 1.165) is 5.56 Å². The largest absolute Gasteiger partial charge is 0.390 e. The van der Waals surface area contributed by atoms with Gasteiger partial charge >= 0.3 is 0 Å². The molecule has 0 amide bonds. The van der Waals surface area contributed by atoms with Gasteiger partial charge in [-0.05, 0) is 31.5 Å². The molecule has 0 radical (unpaired) electrons. The van der Waals surface area contributed by atoms with Crippen LogP contribution in [0, 0.1) is 0 Å². The molecular weight excluding hydrogens is 247 g/mol. The minimum Gasteiger partial charge on any atom is -0.390 e. The van der Waals surface area contributed by atoms with E-state index in [1.54, 1.807) is 19.2 Å². The number of hydrogen-bond acceptors (Lipinski definition) is 2. The molecule has 4 heteroatoms. The Morgan fingerprint density at radius 2 is 2.00 bits per heavy atom. The summed E-state index contributed by atoms with van der Waals surface area (Å²) in [4.78, 5) is 0. The highest BCUT2D eigenvalue weighted by atomic mass is 35.5. The molecule has 0 aliphatic heterocycles. The van der Waals surface area contributed by atoms with Gasteiger partial charge in [0, 0.05) is 23.6 Å². The summed E-state index contributed by atoms with van der Waals surface area (Å²) >= 11 is 11.8. The summed E-state index contributed by atoms with van der Waals surface area (Å²) in [5, 5.41) is 11.2. The van der Waals surface area contributed by atoms with Crippen molar-refractivity contribution < 1.29 is 9.84 Å². The van der Waals surface area contributed by atoms with Crippen molar-refractivity contribution in [3.63, 3.8) is 0 Å². The fourth-order valence-electron chi connectivity index (χ4n) is 1.28. The van der Waals surface area contributed by atoms with E-state index in [1.807, 2.05) is 19.9 Å². The lowest BCUT2D eigenvalue weighted by molar-refractivity contribution is -0.0764. The average Bonchev–Trinajstić information content (AvgIpc) is 2.22. The van der Waals surface area contributed by atoms with Gasteiger partial charge in [0.15, 0.2) is 0 Å². The predicted octanol–water partition coefficient (Wildman–Crippen LogP) is 3.32. The van der Waals surface area contributed by atoms with E-state index in [2.05, 4.69) is 0 Å². The molecule has 0 aliphatic rings. The Morgan fingerprint density at radius 3 is 2.50 bits per heavy atom. The first-order valence-electron chi connectivity index (χ1n) is 5.04. The van der Waals surface area contributed by atoms with Gasteiger partial charge in [-0.15, -0.1) is 0 Å². The first kappa shape index (κ1) is 13.8. The third-order valence-corrected chi connectivity index (χ3v) is 3.34. The van der Waals surface area contributed by atoms with Crippen LogP contribution < -0.4 is 0 Å². The number of benzene rings is 1. The van der Waals surface area contributed by atoms with Crippen LogP contribution in [0.1, 0.15) is 19.4 Å². The molecule has 0 aromatic heterocycles. The maximum atomic E-state index is 10.0. The Hall–Kier alpha value is -0.280. The quantitative estimate of drug-likeness (QED) is 0.902. The Kier molecular flexibility index (Phi) is 4.62. The Bertz CT molecular complexity index is 364. The molecule has 1 unspecified atom stereocenters. The van der Waals surface area contributed by atoms with E-state index in [-0.39, 0.29) is 0 Å². The van der Waals surface area contributed by atoms with Gasteiger partial charge in [-0.3, -0.25) is 0 Å². The van der Waals surface area contributed by atoms with Crippen LogP contribution in [0.2, 0.25) is 10.0 Å². The molecule has 90 valence electrons. The summed E-state index contributed by atoms with van der Waals surface area (Å²) < 4.78 is 5.22. The summed E-state index contributed by atoms with van der Waals surface area (Å²) in [5.41, 5.74) is 0.270. The number of aliphatic hydroxyl groups is 1. The van der Waals surface area contributed by atoms with E-state index in [1.165, 1.54) is 0 Å². The van der Waals surface area contributed by atoms with Crippen LogP contribution in [0.4, 0.5) is 0 Å². The molecule has 0 spiro atoms. The third-order valence-electron chi connectivity index (χ3n) is 2.76. The number of aliphatic hydroxyl groups excluding tert-OH is 1. The molecule has 1 aromatic carbocycles. The van der Waals surface area contributed by atoms with Crippen molar-refractivity contribution in [3.8, 4) is 0 Å². The summed E-state index contributed by atoms with van der Waals surface area (Å²) in [6.45, 7) is 3.67. The Labute approximate surface area is 106 Å². The van der Waals surface area contributed by atoms with Crippen LogP contribution in [0.25, 0.3) is 0 Å². The van der Waals surface area contributed by atoms with Gasteiger partial charge in [0.1, 0.15) is 0 Å². The molecule has 1 atom stereocenters. The smallest absolute Gasteiger partial charge is 0.0883 e. The Balaban J connectivity index is 2.81. The maximum absolute atomic E-state index is 10.0. The van der Waals surface area contributed by atoms with Crippen LogP contribution in [0.15, 0.2) is 18.2 Å². The number of halogens is 2. The maximum Gasteiger partial charge on any atom is 0.0883 e. The highest BCUT2D eigenvalue weighted by Gasteiger charge is 2.27. The van der Waals surface area contributed by atoms with Crippen molar-refractivity contribution in [2.45, 2.75) is 32.0 Å². The van der Waals surface area contributed by atoms with E-state index in [4.69, 9.17) is 27.9 Å². The molecule has 0 saturated carbocycles. The van der Waals surface area contributed by atoms with Crippen LogP contribution in [0.3, 0.4) is 0 Å². The third kappa shape index (κ3) is 3.36. The van der Waals surface area contributed by atoms with E-state index < -0.39 is 11.7 Å². The van der Waals surface area contributed by atoms with Crippen molar-refractivity contribution >= 4 is 23.2 Å². The monoisotopic (exact) mass is 262 g/mol. The van der Waals surface area contributed by atoms with Crippen LogP contribution >= 0.6 is 23.2 Å². The van der Waals surface area contributed by atoms with E-state index >= 15 is 0 Å². The molecule has 1 N–H and O–H groups in total. The lowest BCUT2D eigenvalue weighted by Crippen LogP contribution is -2.39. The molecular formula is C12H16Cl2O2. The fraction of sp³-hybridized carbons (Fsp3) is 0.500. The zero-order chi connectivity index (χ0) is 12.3. The summed E-state index contributed by atoms with van der Waals surface area (Å²) in [6.07, 6.45) is -0.173. The summed E-state index contributed by atoms with van der Waals surface area (Å²) in [7, 11) is 1.58. The molecule has 0 aliphatic carbocycles. The first-order chi connectivity index (χ1) is 7.36. The number of methoxy groups -OCH3 is 1. The van der Waals surface area contributed by atoms with Crippen LogP contribution in [0.5, 0.6) is 0 Å². The van der Waals surface area contributed by atoms with Gasteiger partial charge < -0.3 is 9.84 Å². The second-order valence-electron chi connectivity index (χ2n) is 4.26. The van der Waals surface area contributed by atoms with Gasteiger partial charge in [0.2, 0.25) is 0 Å². The van der Waals surface area contributed by atoms with Gasteiger partial charge in [0.05, 0.1) is 11.7 Å². The first-order valence-corrected chi connectivity index (χ1v) is 5.79. The topological polar surface area (TPSA) is 29.5 Å². The molecule has 0 fully saturated rings. The van der Waals surface area contributed by atoms with E-state index in [0.29, 0.717) is 16.5 Å². The summed E-state index contributed by atoms with van der Waals surface area (Å²) in [5.74, 6) is 0. The second kappa shape index (κ2) is 5.37. The van der Waals surface area contributed by atoms with Crippen molar-refractivity contribution in [2.75, 3.05) is 7.11 Å². The van der Waals surface area contributed by atoms with Gasteiger partial charge in [-0.1, -0.05) is 29.3 Å². The number of hydrogen-bond donors (Lipinski definition) is 1. The van der Waals surface area contributed by atoms with Crippen molar-refractivity contribution in [3.05, 3.63) is 33.8 Å². The zero-order valence-corrected chi connectivity index (χ0v) is 11.1. The zero-order valence-electron chi connectivity index (χ0n) is 9.63. The van der Waals surface area contributed by atoms with Gasteiger partial charge in [0.25, 0.3) is 0 Å². The highest BCUT2D eigenvalue weighted by Crippen LogP contribution is 2.25. The lowest BCUT2D eigenvalue weighted by atomic mass is 9.95. The Morgan fingerprint density at radius 1 is 1.38 bits per heavy atom. The number of ether oxygens (including phenoxy) is 1. The predicted molar refractivity (Wildman–Crippen MR) is 67.3 cm³/mol. The van der Waals surface area contributed by atoms with Gasteiger partial charge in [-0.25, -0.2) is 0 Å². The standard InChI is InChI=1S/C12H16Cl2O2/c1-12(2,16-3)11(15)6-8-4-5-9(13)7-10(8)14/h4-5,7,11,15H,6H2,1-3H3. The van der Waals surface area contributed by atoms with Crippen LogP contribution in [-0.4, -0.2) is 23.9 Å². The fourth-order valence-corrected chi connectivity index (χ4v) is 1.76. The second-order valence-corrected chi connectivity index (χ2v) is 5.11. The SMILES string of the molecule is COC(C)(C)C(O)Cc1ccc(Cl)cc1Cl. The lowest BCUT2D eigenvalue weighted by Gasteiger charge is -2.29. The van der Waals surface area contributed by atoms with Crippen molar-refractivity contribution in [2.24, 2.45) is 0 Å². The van der Waals surface area contributed by atoms with Crippen LogP contribution in [-0.2, 0) is 11.2 Å². The summed E-state index contributed by atoms with van der Waals surface area (Å²) in [6, 6.07) is 5.25. The molecule has 2 nitrogen and oxygen atoms in total. The average molecular weight is 263 g/mol. The van der Waals surface area contributed by atoms with Crippen molar-refractivity contribution in [1.82, 2.24) is 0 Å². The highest BCUT2D eigenvalue weighted by molar-refractivity contribution is 6.35. The number of rotatable bonds is 4. The molecule has 1 aromatic rings. The van der Waals surface area contributed by atoms with Crippen molar-refractivity contribution in [1.29, 1.82) is 0 Å². The molecule has 0 bridgehead atoms. The molecule has 0 saturated heterocycles. The van der Waals surface area contributed by atoms with E-state index in [9.17, 15) is 5.11 Å². The minimum atomic E-state index is -0.615.